The largest absolute Gasteiger partial charge is 0.282 e. The number of aryl methyl sites for hydroxylation is 1. The van der Waals surface area contributed by atoms with Gasteiger partial charge in [-0.15, -0.1) is 0 Å². The summed E-state index contributed by atoms with van der Waals surface area (Å²) in [5, 5.41) is 3.41. The van der Waals surface area contributed by atoms with Crippen molar-refractivity contribution in [3.63, 3.8) is 0 Å². The molecule has 0 saturated carbocycles. The van der Waals surface area contributed by atoms with Crippen molar-refractivity contribution in [3.8, 4) is 0 Å². The molecule has 1 aromatic heterocycles. The molecular formula is C6H7F3N2. The molecule has 11 heavy (non-hydrogen) atoms. The number of rotatable bonds is 2. The van der Waals surface area contributed by atoms with E-state index in [1.54, 1.807) is 0 Å². The topological polar surface area (TPSA) is 17.8 Å². The number of halogens is 3. The first-order valence-electron chi connectivity index (χ1n) is 3.02. The number of hydrogen-bond acceptors (Lipinski definition) is 1. The fourth-order valence-corrected chi connectivity index (χ4v) is 0.762. The summed E-state index contributed by atoms with van der Waals surface area (Å²) < 4.78 is 36.9. The van der Waals surface area contributed by atoms with Crippen molar-refractivity contribution in [1.82, 2.24) is 9.78 Å². The van der Waals surface area contributed by atoms with Crippen LogP contribution in [-0.2, 0) is 13.7 Å². The Kier molecular flexibility index (Phi) is 2.16. The lowest BCUT2D eigenvalue weighted by Crippen LogP contribution is -1.95. The maximum atomic E-state index is 12.0. The Hall–Kier alpha value is -1.00. The van der Waals surface area contributed by atoms with E-state index in [2.05, 4.69) is 5.10 Å². The normalized spacial score (nSPS) is 11.0. The second-order valence-electron chi connectivity index (χ2n) is 2.12. The lowest BCUT2D eigenvalue weighted by atomic mass is 10.4. The van der Waals surface area contributed by atoms with E-state index in [4.69, 9.17) is 0 Å². The third kappa shape index (κ3) is 1.53. The molecule has 0 aliphatic heterocycles. The molecule has 0 aliphatic carbocycles. The number of alkyl halides is 3. The van der Waals surface area contributed by atoms with Gasteiger partial charge in [0.2, 0.25) is 0 Å². The lowest BCUT2D eigenvalue weighted by Gasteiger charge is -1.91. The van der Waals surface area contributed by atoms with Gasteiger partial charge in [0.25, 0.3) is 6.43 Å². The molecule has 0 radical (unpaired) electrons. The van der Waals surface area contributed by atoms with E-state index in [0.717, 1.165) is 10.7 Å². The molecule has 0 amide bonds. The first-order chi connectivity index (χ1) is 5.15. The average Bonchev–Trinajstić information content (AvgIpc) is 2.31. The van der Waals surface area contributed by atoms with Crippen LogP contribution in [0.25, 0.3) is 0 Å². The molecule has 5 heteroatoms. The quantitative estimate of drug-likeness (QED) is 0.652. The Labute approximate surface area is 61.6 Å². The van der Waals surface area contributed by atoms with Crippen LogP contribution in [0.1, 0.15) is 17.8 Å². The standard InChI is InChI=1S/C6H7F3N2/c1-11-4(3-7)2-5(10-11)6(8)9/h2,6H,3H2,1H3. The monoisotopic (exact) mass is 164 g/mol. The van der Waals surface area contributed by atoms with Crippen molar-refractivity contribution in [2.45, 2.75) is 13.1 Å². The second-order valence-corrected chi connectivity index (χ2v) is 2.12. The Morgan fingerprint density at radius 2 is 2.27 bits per heavy atom. The molecule has 0 spiro atoms. The van der Waals surface area contributed by atoms with Crippen LogP contribution >= 0.6 is 0 Å². The summed E-state index contributed by atoms with van der Waals surface area (Å²) in [7, 11) is 1.43. The van der Waals surface area contributed by atoms with Crippen LogP contribution in [0.3, 0.4) is 0 Å². The molecule has 0 aromatic carbocycles. The van der Waals surface area contributed by atoms with Gasteiger partial charge in [-0.3, -0.25) is 4.68 Å². The number of aromatic nitrogens is 2. The van der Waals surface area contributed by atoms with Crippen molar-refractivity contribution in [2.24, 2.45) is 7.05 Å². The second kappa shape index (κ2) is 2.94. The van der Waals surface area contributed by atoms with Crippen molar-refractivity contribution >= 4 is 0 Å². The summed E-state index contributed by atoms with van der Waals surface area (Å²) >= 11 is 0. The molecule has 62 valence electrons. The summed E-state index contributed by atoms with van der Waals surface area (Å²) in [6.07, 6.45) is -2.62. The minimum Gasteiger partial charge on any atom is -0.269 e. The minimum absolute atomic E-state index is 0.167. The van der Waals surface area contributed by atoms with Gasteiger partial charge in [-0.2, -0.15) is 5.10 Å². The van der Waals surface area contributed by atoms with Crippen LogP contribution in [0.5, 0.6) is 0 Å². The lowest BCUT2D eigenvalue weighted by molar-refractivity contribution is 0.145. The Morgan fingerprint density at radius 3 is 2.55 bits per heavy atom. The van der Waals surface area contributed by atoms with Gasteiger partial charge in [0.1, 0.15) is 12.4 Å². The van der Waals surface area contributed by atoms with Crippen LogP contribution in [0.4, 0.5) is 13.2 Å². The minimum atomic E-state index is -2.62. The summed E-state index contributed by atoms with van der Waals surface area (Å²) in [6.45, 7) is -0.768. The van der Waals surface area contributed by atoms with Crippen molar-refractivity contribution in [1.29, 1.82) is 0 Å². The van der Waals surface area contributed by atoms with Crippen LogP contribution in [0, 0.1) is 0 Å². The first-order valence-corrected chi connectivity index (χ1v) is 3.02. The number of nitrogens with zero attached hydrogens (tertiary/aromatic N) is 2. The van der Waals surface area contributed by atoms with E-state index in [-0.39, 0.29) is 11.4 Å². The predicted octanol–water partition coefficient (Wildman–Crippen LogP) is 1.83. The molecule has 0 unspecified atom stereocenters. The zero-order valence-corrected chi connectivity index (χ0v) is 5.89. The first kappa shape index (κ1) is 8.10. The van der Waals surface area contributed by atoms with Crippen LogP contribution in [-0.4, -0.2) is 9.78 Å². The van der Waals surface area contributed by atoms with Gasteiger partial charge < -0.3 is 0 Å². The molecule has 0 N–H and O–H groups in total. The Morgan fingerprint density at radius 1 is 1.64 bits per heavy atom. The summed E-state index contributed by atoms with van der Waals surface area (Å²) in [5.41, 5.74) is -0.208. The summed E-state index contributed by atoms with van der Waals surface area (Å²) in [5.74, 6) is 0. The van der Waals surface area contributed by atoms with Gasteiger partial charge in [-0.1, -0.05) is 0 Å². The van der Waals surface area contributed by atoms with Crippen molar-refractivity contribution in [2.75, 3.05) is 0 Å². The molecule has 2 nitrogen and oxygen atoms in total. The summed E-state index contributed by atoms with van der Waals surface area (Å²) in [4.78, 5) is 0. The third-order valence-electron chi connectivity index (χ3n) is 1.36. The zero-order chi connectivity index (χ0) is 8.43. The van der Waals surface area contributed by atoms with E-state index in [9.17, 15) is 13.2 Å². The van der Waals surface area contributed by atoms with E-state index in [0.29, 0.717) is 0 Å². The van der Waals surface area contributed by atoms with E-state index < -0.39 is 13.1 Å². The zero-order valence-electron chi connectivity index (χ0n) is 5.89. The smallest absolute Gasteiger partial charge is 0.269 e. The molecule has 0 atom stereocenters. The Balaban J connectivity index is 2.95. The molecular weight excluding hydrogens is 157 g/mol. The van der Waals surface area contributed by atoms with E-state index >= 15 is 0 Å². The van der Waals surface area contributed by atoms with Gasteiger partial charge >= 0.3 is 0 Å². The fraction of sp³-hybridized carbons (Fsp3) is 0.500. The highest BCUT2D eigenvalue weighted by molar-refractivity contribution is 5.10. The highest BCUT2D eigenvalue weighted by Crippen LogP contribution is 2.17. The van der Waals surface area contributed by atoms with Crippen LogP contribution < -0.4 is 0 Å². The van der Waals surface area contributed by atoms with Crippen molar-refractivity contribution < 1.29 is 13.2 Å². The SMILES string of the molecule is Cn1nc(C(F)F)cc1CF. The third-order valence-corrected chi connectivity index (χ3v) is 1.36. The van der Waals surface area contributed by atoms with Gasteiger partial charge in [0.05, 0.1) is 5.69 Å². The maximum absolute atomic E-state index is 12.0. The maximum Gasteiger partial charge on any atom is 0.282 e. The molecule has 0 fully saturated rings. The van der Waals surface area contributed by atoms with Gasteiger partial charge in [-0.05, 0) is 6.07 Å². The van der Waals surface area contributed by atoms with E-state index in [1.807, 2.05) is 0 Å². The highest BCUT2D eigenvalue weighted by atomic mass is 19.3. The van der Waals surface area contributed by atoms with Crippen LogP contribution in [0.15, 0.2) is 6.07 Å². The van der Waals surface area contributed by atoms with Crippen molar-refractivity contribution in [3.05, 3.63) is 17.5 Å². The highest BCUT2D eigenvalue weighted by Gasteiger charge is 2.12. The molecule has 0 aliphatic rings. The fourth-order valence-electron chi connectivity index (χ4n) is 0.762. The number of hydrogen-bond donors (Lipinski definition) is 0. The predicted molar refractivity (Wildman–Crippen MR) is 33.0 cm³/mol. The molecule has 1 heterocycles. The van der Waals surface area contributed by atoms with Gasteiger partial charge in [0.15, 0.2) is 0 Å². The molecule has 1 aromatic rings. The Bertz CT molecular complexity index is 244. The van der Waals surface area contributed by atoms with E-state index in [1.165, 1.54) is 7.05 Å². The van der Waals surface area contributed by atoms with Gasteiger partial charge in [-0.25, -0.2) is 13.2 Å². The average molecular weight is 164 g/mol. The molecule has 1 rings (SSSR count). The molecule has 0 bridgehead atoms. The molecule has 0 saturated heterocycles. The van der Waals surface area contributed by atoms with Crippen LogP contribution in [0.2, 0.25) is 0 Å². The summed E-state index contributed by atoms with van der Waals surface area (Å²) in [6, 6.07) is 1.06. The van der Waals surface area contributed by atoms with Gasteiger partial charge in [0, 0.05) is 7.05 Å².